The first-order chi connectivity index (χ1) is 34.8. The van der Waals surface area contributed by atoms with Crippen LogP contribution in [0, 0.1) is 11.8 Å². The van der Waals surface area contributed by atoms with Gasteiger partial charge in [-0.05, 0) is 61.5 Å². The number of amides is 6. The van der Waals surface area contributed by atoms with Crippen LogP contribution in [0.1, 0.15) is 167 Å². The van der Waals surface area contributed by atoms with E-state index >= 15 is 0 Å². The van der Waals surface area contributed by atoms with Crippen LogP contribution in [0.4, 0.5) is 9.59 Å². The van der Waals surface area contributed by atoms with Gasteiger partial charge in [0.2, 0.25) is 23.6 Å². The largest absolute Gasteiger partial charge is 0.446 e. The molecular formula is C50H58N10O12. The molecule has 0 fully saturated rings. The molecular weight excluding hydrogens is 933 g/mol. The Hall–Kier alpha value is -8.30. The van der Waals surface area contributed by atoms with Crippen molar-refractivity contribution in [1.29, 1.82) is 0 Å². The third-order valence-electron chi connectivity index (χ3n) is 11.1. The highest BCUT2D eigenvalue weighted by atomic mass is 16.6. The summed E-state index contributed by atoms with van der Waals surface area (Å²) >= 11 is 0. The van der Waals surface area contributed by atoms with Gasteiger partial charge in [0.25, 0.3) is 23.6 Å². The maximum atomic E-state index is 14.0. The van der Waals surface area contributed by atoms with Gasteiger partial charge in [-0.1, -0.05) is 88.4 Å². The molecule has 0 saturated heterocycles. The lowest BCUT2D eigenvalue weighted by atomic mass is 10.0. The van der Waals surface area contributed by atoms with E-state index in [4.69, 9.17) is 27.1 Å². The molecule has 4 atom stereocenters. The van der Waals surface area contributed by atoms with Gasteiger partial charge in [0.1, 0.15) is 62.4 Å². The fourth-order valence-corrected chi connectivity index (χ4v) is 7.58. The van der Waals surface area contributed by atoms with Crippen LogP contribution < -0.4 is 31.9 Å². The van der Waals surface area contributed by atoms with Crippen molar-refractivity contribution in [2.45, 2.75) is 104 Å². The maximum absolute atomic E-state index is 14.0. The summed E-state index contributed by atoms with van der Waals surface area (Å²) in [7, 11) is 0. The predicted molar refractivity (Wildman–Crippen MR) is 253 cm³/mol. The van der Waals surface area contributed by atoms with E-state index in [1.807, 2.05) is 88.4 Å². The van der Waals surface area contributed by atoms with E-state index in [1.165, 1.54) is 6.26 Å². The molecule has 380 valence electrons. The highest BCUT2D eigenvalue weighted by Crippen LogP contribution is 2.27. The van der Waals surface area contributed by atoms with Crippen molar-refractivity contribution in [3.63, 3.8) is 0 Å². The van der Waals surface area contributed by atoms with Crippen LogP contribution in [0.5, 0.6) is 0 Å². The monoisotopic (exact) mass is 990 g/mol. The van der Waals surface area contributed by atoms with Crippen LogP contribution in [0.3, 0.4) is 0 Å². The lowest BCUT2D eigenvalue weighted by molar-refractivity contribution is 0.0912. The molecule has 0 radical (unpaired) electrons. The molecule has 0 aliphatic carbocycles. The van der Waals surface area contributed by atoms with Crippen molar-refractivity contribution in [2.75, 3.05) is 13.1 Å². The number of alkyl carbamates (subject to hydrolysis) is 2. The number of nitrogens with zero attached hydrogens (tertiary/aromatic N) is 4. The summed E-state index contributed by atoms with van der Waals surface area (Å²) in [4.78, 5) is 98.3. The second-order valence-corrected chi connectivity index (χ2v) is 17.9. The number of carbonyl (C=O) groups is 6. The number of hydrogen-bond donors (Lipinski definition) is 6. The lowest BCUT2D eigenvalue weighted by Gasteiger charge is -2.18. The Morgan fingerprint density at radius 1 is 0.500 bits per heavy atom. The first-order valence-electron chi connectivity index (χ1n) is 23.7. The van der Waals surface area contributed by atoms with Crippen molar-refractivity contribution in [3.05, 3.63) is 143 Å². The number of oxazole rings is 4. The van der Waals surface area contributed by atoms with Gasteiger partial charge in [0.05, 0.1) is 0 Å². The second kappa shape index (κ2) is 25.0. The summed E-state index contributed by atoms with van der Waals surface area (Å²) in [6, 6.07) is 14.9. The summed E-state index contributed by atoms with van der Waals surface area (Å²) in [5.74, 6) is -2.54. The summed E-state index contributed by atoms with van der Waals surface area (Å²) in [6.45, 7) is 8.20. The van der Waals surface area contributed by atoms with Gasteiger partial charge in [0, 0.05) is 13.1 Å². The third kappa shape index (κ3) is 14.9. The Morgan fingerprint density at radius 2 is 0.806 bits per heavy atom. The molecule has 1 aliphatic heterocycles. The Bertz CT molecular complexity index is 2680. The van der Waals surface area contributed by atoms with Crippen molar-refractivity contribution in [3.8, 4) is 0 Å². The summed E-state index contributed by atoms with van der Waals surface area (Å²) in [6.07, 6.45) is 4.97. The Kier molecular flexibility index (Phi) is 17.9. The first-order valence-corrected chi connectivity index (χ1v) is 23.7. The fraction of sp³-hybridized carbons (Fsp3) is 0.400. The third-order valence-corrected chi connectivity index (χ3v) is 11.1. The van der Waals surface area contributed by atoms with Crippen LogP contribution in [-0.4, -0.2) is 68.8 Å². The minimum atomic E-state index is -0.963. The van der Waals surface area contributed by atoms with E-state index in [9.17, 15) is 28.8 Å². The molecule has 72 heavy (non-hydrogen) atoms. The minimum absolute atomic E-state index is 0.0308. The molecule has 4 aromatic heterocycles. The number of ether oxygens (including phenoxy) is 2. The van der Waals surface area contributed by atoms with Gasteiger partial charge in [-0.2, -0.15) is 0 Å². The van der Waals surface area contributed by atoms with Gasteiger partial charge in [-0.3, -0.25) is 19.2 Å². The van der Waals surface area contributed by atoms with Crippen LogP contribution >= 0.6 is 0 Å². The zero-order valence-electron chi connectivity index (χ0n) is 40.3. The molecule has 6 N–H and O–H groups in total. The second-order valence-electron chi connectivity index (χ2n) is 17.9. The normalized spacial score (nSPS) is 17.5. The molecule has 8 bridgehead atoms. The number of benzene rings is 2. The molecule has 0 spiro atoms. The van der Waals surface area contributed by atoms with E-state index in [-0.39, 0.29) is 97.3 Å². The van der Waals surface area contributed by atoms with Gasteiger partial charge in [-0.25, -0.2) is 29.5 Å². The Balaban J connectivity index is 1.13. The van der Waals surface area contributed by atoms with Crippen LogP contribution in [0.15, 0.2) is 103 Å². The number of carbonyl (C=O) groups excluding carboxylic acids is 6. The van der Waals surface area contributed by atoms with E-state index in [0.29, 0.717) is 25.7 Å². The summed E-state index contributed by atoms with van der Waals surface area (Å²) < 4.78 is 33.9. The van der Waals surface area contributed by atoms with Gasteiger partial charge < -0.3 is 59.0 Å². The molecule has 7 rings (SSSR count). The average Bonchev–Trinajstić information content (AvgIpc) is 4.22. The molecule has 0 saturated carbocycles. The SMILES string of the molecule is CC(C)C[C@@H]1NC(=O)c2coc(n2)[C@H](CCCNC(=O)OCc2ccccc2)NC(=O)c2coc(n2)[C@H](CCCNC(=O)OCc2ccccc2)NC(=O)c2coc(n2)[C@H](CC(C)C)NC(=O)c2coc1n2. The fourth-order valence-electron chi connectivity index (χ4n) is 7.58. The zero-order valence-corrected chi connectivity index (χ0v) is 40.3. The number of hydrogen-bond acceptors (Lipinski definition) is 16. The molecule has 2 aromatic carbocycles. The number of aromatic nitrogens is 4. The molecule has 6 aromatic rings. The minimum Gasteiger partial charge on any atom is -0.446 e. The smallest absolute Gasteiger partial charge is 0.407 e. The molecule has 0 unspecified atom stereocenters. The van der Waals surface area contributed by atoms with Crippen molar-refractivity contribution >= 4 is 35.8 Å². The first kappa shape index (κ1) is 51.5. The molecule has 1 aliphatic rings. The topological polar surface area (TPSA) is 297 Å². The zero-order chi connectivity index (χ0) is 51.0. The standard InChI is InChI=1S/C50H58N10O12/c1-29(2)21-35-47-59-38(27-69-47)42(62)54-33(17-11-19-51-49(65)71-23-31-13-7-5-8-14-31)45-57-37(25-67-45)41(61)53-34(18-12-20-52-50(66)72-24-32-15-9-6-10-16-32)46-58-39(26-68-46)43(63)55-36(22-30(3)4)48-60-40(28-70-48)44(64)56-35/h5-10,13-16,25-30,33-36H,11-12,17-24H2,1-4H3,(H,51,65)(H,52,66)(H,53,61)(H,54,62)(H,55,63)(H,56,64)/t33-,34-,35-,36-/m0/s1. The van der Waals surface area contributed by atoms with E-state index in [1.54, 1.807) is 0 Å². The number of nitrogens with one attached hydrogen (secondary N) is 6. The van der Waals surface area contributed by atoms with E-state index in [2.05, 4.69) is 51.8 Å². The van der Waals surface area contributed by atoms with Crippen LogP contribution in [0.25, 0.3) is 0 Å². The van der Waals surface area contributed by atoms with Gasteiger partial charge in [-0.15, -0.1) is 0 Å². The number of rotatable bonds is 16. The molecule has 22 heteroatoms. The van der Waals surface area contributed by atoms with E-state index < -0.39 is 60.0 Å². The van der Waals surface area contributed by atoms with Crippen molar-refractivity contribution < 1.29 is 55.9 Å². The van der Waals surface area contributed by atoms with Gasteiger partial charge in [0.15, 0.2) is 22.8 Å². The molecule has 6 amide bonds. The highest BCUT2D eigenvalue weighted by Gasteiger charge is 2.31. The van der Waals surface area contributed by atoms with Crippen molar-refractivity contribution in [1.82, 2.24) is 51.8 Å². The lowest BCUT2D eigenvalue weighted by Crippen LogP contribution is -2.33. The quantitative estimate of drug-likeness (QED) is 0.0517. The number of fused-ring (bicyclic) bond motifs is 8. The van der Waals surface area contributed by atoms with Crippen LogP contribution in [0.2, 0.25) is 0 Å². The molecule has 22 nitrogen and oxygen atoms in total. The summed E-state index contributed by atoms with van der Waals surface area (Å²) in [5.41, 5.74) is 1.14. The summed E-state index contributed by atoms with van der Waals surface area (Å²) in [5, 5.41) is 16.9. The Morgan fingerprint density at radius 3 is 1.12 bits per heavy atom. The maximum Gasteiger partial charge on any atom is 0.407 e. The van der Waals surface area contributed by atoms with Crippen LogP contribution in [-0.2, 0) is 22.7 Å². The van der Waals surface area contributed by atoms with Gasteiger partial charge >= 0.3 is 12.2 Å². The average molecular weight is 991 g/mol. The molecule has 5 heterocycles. The Labute approximate surface area is 414 Å². The highest BCUT2D eigenvalue weighted by molar-refractivity contribution is 5.94. The van der Waals surface area contributed by atoms with Crippen molar-refractivity contribution in [2.24, 2.45) is 11.8 Å². The van der Waals surface area contributed by atoms with E-state index in [0.717, 1.165) is 29.9 Å². The predicted octanol–water partition coefficient (Wildman–Crippen LogP) is 7.34.